The van der Waals surface area contributed by atoms with E-state index >= 15 is 0 Å². The number of benzene rings is 3. The second-order valence-corrected chi connectivity index (χ2v) is 9.71. The Labute approximate surface area is 201 Å². The van der Waals surface area contributed by atoms with Crippen molar-refractivity contribution in [3.05, 3.63) is 108 Å². The molecule has 5 nitrogen and oxygen atoms in total. The predicted molar refractivity (Wildman–Crippen MR) is 131 cm³/mol. The lowest BCUT2D eigenvalue weighted by Crippen LogP contribution is -2.53. The van der Waals surface area contributed by atoms with Crippen molar-refractivity contribution in [3.63, 3.8) is 0 Å². The van der Waals surface area contributed by atoms with Gasteiger partial charge in [0.1, 0.15) is 17.3 Å². The normalized spacial score (nSPS) is 28.1. The summed E-state index contributed by atoms with van der Waals surface area (Å²) in [5.74, 6) is -0.820. The molecule has 0 radical (unpaired) electrons. The number of likely N-dealkylation sites (N-methyl/N-ethyl adjacent to an activating group) is 1. The Morgan fingerprint density at radius 1 is 0.882 bits per heavy atom. The number of aliphatic hydroxyl groups is 1. The lowest BCUT2D eigenvalue weighted by molar-refractivity contribution is -0.208. The molecule has 2 fully saturated rings. The van der Waals surface area contributed by atoms with Crippen LogP contribution in [-0.2, 0) is 19.8 Å². The quantitative estimate of drug-likeness (QED) is 0.518. The molecule has 0 amide bonds. The van der Waals surface area contributed by atoms with E-state index in [9.17, 15) is 5.11 Å². The number of aliphatic hydroxyl groups excluding tert-OH is 1. The monoisotopic (exact) mass is 459 g/mol. The fourth-order valence-electron chi connectivity index (χ4n) is 5.66. The molecule has 34 heavy (non-hydrogen) atoms. The molecule has 3 aromatic rings. The molecule has 4 atom stereocenters. The van der Waals surface area contributed by atoms with E-state index in [1.807, 2.05) is 75.5 Å². The van der Waals surface area contributed by atoms with Crippen molar-refractivity contribution < 1.29 is 19.3 Å². The van der Waals surface area contributed by atoms with E-state index in [1.54, 1.807) is 0 Å². The van der Waals surface area contributed by atoms with Gasteiger partial charge in [-0.15, -0.1) is 0 Å². The maximum Gasteiger partial charge on any atom is 0.164 e. The molecule has 1 heterocycles. The van der Waals surface area contributed by atoms with E-state index in [0.717, 1.165) is 16.7 Å². The lowest BCUT2D eigenvalue weighted by atomic mass is 9.79. The van der Waals surface area contributed by atoms with E-state index in [4.69, 9.17) is 14.2 Å². The zero-order valence-electron chi connectivity index (χ0n) is 20.0. The van der Waals surface area contributed by atoms with E-state index in [-0.39, 0.29) is 18.8 Å². The number of hydrogen-bond donors (Lipinski definition) is 2. The van der Waals surface area contributed by atoms with Crippen molar-refractivity contribution in [1.29, 1.82) is 0 Å². The van der Waals surface area contributed by atoms with Crippen molar-refractivity contribution >= 4 is 0 Å². The molecule has 178 valence electrons. The van der Waals surface area contributed by atoms with Crippen LogP contribution in [0.2, 0.25) is 0 Å². The molecular weight excluding hydrogens is 426 g/mol. The first-order valence-corrected chi connectivity index (χ1v) is 12.0. The lowest BCUT2D eigenvalue weighted by Gasteiger charge is -2.40. The van der Waals surface area contributed by atoms with Crippen molar-refractivity contribution in [2.45, 2.75) is 55.5 Å². The highest BCUT2D eigenvalue weighted by atomic mass is 16.8. The minimum Gasteiger partial charge on any atom is -0.390 e. The van der Waals surface area contributed by atoms with Crippen LogP contribution >= 0.6 is 0 Å². The summed E-state index contributed by atoms with van der Waals surface area (Å²) in [7, 11) is 1.89. The Morgan fingerprint density at radius 3 is 1.79 bits per heavy atom. The average Bonchev–Trinajstić information content (AvgIpc) is 3.29. The molecular formula is C29H33NO4. The molecule has 5 heteroatoms. The smallest absolute Gasteiger partial charge is 0.164 e. The molecule has 1 aliphatic carbocycles. The van der Waals surface area contributed by atoms with Crippen LogP contribution in [0.25, 0.3) is 0 Å². The van der Waals surface area contributed by atoms with Crippen LogP contribution in [-0.4, -0.2) is 48.4 Å². The third-order valence-corrected chi connectivity index (χ3v) is 7.16. The van der Waals surface area contributed by atoms with Crippen LogP contribution in [0, 0.1) is 0 Å². The predicted octanol–water partition coefficient (Wildman–Crippen LogP) is 4.24. The van der Waals surface area contributed by atoms with Crippen LogP contribution in [0.1, 0.15) is 37.0 Å². The number of ether oxygens (including phenoxy) is 3. The highest BCUT2D eigenvalue weighted by Crippen LogP contribution is 2.49. The fourth-order valence-corrected chi connectivity index (χ4v) is 5.66. The molecule has 0 spiro atoms. The largest absolute Gasteiger partial charge is 0.390 e. The van der Waals surface area contributed by atoms with Gasteiger partial charge in [0.2, 0.25) is 0 Å². The first-order valence-electron chi connectivity index (χ1n) is 12.0. The zero-order valence-corrected chi connectivity index (χ0v) is 20.0. The van der Waals surface area contributed by atoms with E-state index in [1.165, 1.54) is 0 Å². The topological polar surface area (TPSA) is 60.0 Å². The van der Waals surface area contributed by atoms with Gasteiger partial charge in [0, 0.05) is 6.04 Å². The van der Waals surface area contributed by atoms with Crippen molar-refractivity contribution in [1.82, 2.24) is 5.32 Å². The third-order valence-electron chi connectivity index (χ3n) is 7.16. The molecule has 2 N–H and O–H groups in total. The minimum atomic E-state index is -0.985. The number of hydrogen-bond acceptors (Lipinski definition) is 5. The molecule has 0 bridgehead atoms. The zero-order chi connectivity index (χ0) is 23.8. The Morgan fingerprint density at radius 2 is 1.35 bits per heavy atom. The molecule has 1 saturated carbocycles. The van der Waals surface area contributed by atoms with E-state index in [2.05, 4.69) is 41.7 Å². The highest BCUT2D eigenvalue weighted by Gasteiger charge is 2.65. The van der Waals surface area contributed by atoms with Crippen LogP contribution in [0.5, 0.6) is 0 Å². The average molecular weight is 460 g/mol. The summed E-state index contributed by atoms with van der Waals surface area (Å²) >= 11 is 0. The van der Waals surface area contributed by atoms with Crippen LogP contribution in [0.3, 0.4) is 0 Å². The minimum absolute atomic E-state index is 0.0278. The van der Waals surface area contributed by atoms with Gasteiger partial charge < -0.3 is 24.6 Å². The molecule has 0 aromatic heterocycles. The Kier molecular flexibility index (Phi) is 6.09. The highest BCUT2D eigenvalue weighted by molar-refractivity contribution is 5.47. The maximum absolute atomic E-state index is 11.3. The second-order valence-electron chi connectivity index (χ2n) is 9.71. The number of fused-ring (bicyclic) bond motifs is 1. The first kappa shape index (κ1) is 23.2. The van der Waals surface area contributed by atoms with Crippen molar-refractivity contribution in [3.8, 4) is 0 Å². The summed E-state index contributed by atoms with van der Waals surface area (Å²) in [4.78, 5) is 0. The van der Waals surface area contributed by atoms with Crippen molar-refractivity contribution in [2.75, 3.05) is 13.7 Å². The number of rotatable bonds is 7. The molecule has 2 aliphatic rings. The molecule has 0 unspecified atom stereocenters. The molecule has 3 aromatic carbocycles. The van der Waals surface area contributed by atoms with Gasteiger partial charge in [-0.05, 0) is 44.0 Å². The van der Waals surface area contributed by atoms with E-state index in [0.29, 0.717) is 6.42 Å². The SMILES string of the molecule is CN[C@@H]1C[C@H](O)[C@@]2(COC(c3ccccc3)(c3ccccc3)c3ccccc3)OC(C)(C)O[C@@H]12. The number of nitrogens with one attached hydrogen (secondary N) is 1. The van der Waals surface area contributed by atoms with Gasteiger partial charge in [0.25, 0.3) is 0 Å². The standard InChI is InChI=1S/C29H33NO4/c1-27(2)33-26-24(30-3)19-25(31)28(26,34-27)20-32-29(21-13-7-4-8-14-21,22-15-9-5-10-16-22)23-17-11-6-12-18-23/h4-18,24-26,30-31H,19-20H2,1-3H3/t24-,25+,26+,28-/m1/s1. The van der Waals surface area contributed by atoms with Crippen LogP contribution < -0.4 is 5.32 Å². The van der Waals surface area contributed by atoms with Gasteiger partial charge in [0.05, 0.1) is 12.7 Å². The van der Waals surface area contributed by atoms with Gasteiger partial charge in [-0.2, -0.15) is 0 Å². The third kappa shape index (κ3) is 3.78. The summed E-state index contributed by atoms with van der Waals surface area (Å²) in [5, 5.41) is 14.6. The maximum atomic E-state index is 11.3. The van der Waals surface area contributed by atoms with E-state index < -0.39 is 23.1 Å². The Balaban J connectivity index is 1.64. The second kappa shape index (κ2) is 8.91. The Hall–Kier alpha value is -2.54. The summed E-state index contributed by atoms with van der Waals surface area (Å²) in [6, 6.07) is 30.7. The van der Waals surface area contributed by atoms with Crippen LogP contribution in [0.15, 0.2) is 91.0 Å². The summed E-state index contributed by atoms with van der Waals surface area (Å²) in [6.07, 6.45) is -0.519. The van der Waals surface area contributed by atoms with Gasteiger partial charge >= 0.3 is 0 Å². The van der Waals surface area contributed by atoms with Gasteiger partial charge in [-0.25, -0.2) is 0 Å². The van der Waals surface area contributed by atoms with Crippen molar-refractivity contribution in [2.24, 2.45) is 0 Å². The van der Waals surface area contributed by atoms with Gasteiger partial charge in [-0.3, -0.25) is 0 Å². The summed E-state index contributed by atoms with van der Waals surface area (Å²) in [6.45, 7) is 3.95. The summed E-state index contributed by atoms with van der Waals surface area (Å²) in [5.41, 5.74) is 1.15. The van der Waals surface area contributed by atoms with Crippen LogP contribution in [0.4, 0.5) is 0 Å². The molecule has 1 saturated heterocycles. The molecule has 5 rings (SSSR count). The first-order chi connectivity index (χ1) is 16.4. The Bertz CT molecular complexity index is 992. The fraction of sp³-hybridized carbons (Fsp3) is 0.379. The van der Waals surface area contributed by atoms with Gasteiger partial charge in [0.15, 0.2) is 5.79 Å². The summed E-state index contributed by atoms with van der Waals surface area (Å²) < 4.78 is 19.8. The molecule has 1 aliphatic heterocycles. The van der Waals surface area contributed by atoms with Gasteiger partial charge in [-0.1, -0.05) is 91.0 Å².